The Bertz CT molecular complexity index is 1310. The van der Waals surface area contributed by atoms with Crippen LogP contribution in [-0.2, 0) is 24.3 Å². The number of imidazole rings is 1. The molecule has 0 N–H and O–H groups in total. The molecule has 1 atom stereocenters. The number of benzene rings is 2. The quantitative estimate of drug-likeness (QED) is 0.343. The molecule has 1 amide bonds. The number of piperidine rings is 1. The number of amides is 1. The number of aromatic nitrogens is 3. The molecule has 2 aromatic heterocycles. The summed E-state index contributed by atoms with van der Waals surface area (Å²) in [4.78, 5) is 26.4. The maximum atomic E-state index is 13.2. The summed E-state index contributed by atoms with van der Waals surface area (Å²) in [6.07, 6.45) is 8.45. The molecule has 37 heavy (non-hydrogen) atoms. The molecule has 1 aliphatic heterocycles. The summed E-state index contributed by atoms with van der Waals surface area (Å²) in [5.74, 6) is 1.54. The van der Waals surface area contributed by atoms with Gasteiger partial charge in [0.05, 0.1) is 24.5 Å². The minimum atomic E-state index is 0.162. The Morgan fingerprint density at radius 1 is 1.08 bits per heavy atom. The number of pyridine rings is 1. The number of hydrogen-bond donors (Lipinski definition) is 0. The van der Waals surface area contributed by atoms with Crippen molar-refractivity contribution in [3.63, 3.8) is 0 Å². The molecule has 3 heterocycles. The lowest BCUT2D eigenvalue weighted by atomic mass is 9.84. The molecule has 2 aromatic carbocycles. The van der Waals surface area contributed by atoms with Crippen molar-refractivity contribution >= 4 is 16.9 Å². The second kappa shape index (κ2) is 11.6. The second-order valence-corrected chi connectivity index (χ2v) is 9.98. The summed E-state index contributed by atoms with van der Waals surface area (Å²) in [6, 6.07) is 20.8. The molecule has 0 aliphatic carbocycles. The molecule has 1 aliphatic rings. The molecule has 1 saturated heterocycles. The van der Waals surface area contributed by atoms with E-state index < -0.39 is 0 Å². The van der Waals surface area contributed by atoms with Gasteiger partial charge in [0.15, 0.2) is 0 Å². The SMILES string of the molecule is COc1cccc(C[C@H](C2CCN(C(=O)Cn3cnc4ccccc43)CC2)N(C)Cc2cccnc2)c1. The van der Waals surface area contributed by atoms with E-state index in [2.05, 4.69) is 46.2 Å². The van der Waals surface area contributed by atoms with Crippen LogP contribution in [-0.4, -0.2) is 63.5 Å². The lowest BCUT2D eigenvalue weighted by Gasteiger charge is -2.40. The van der Waals surface area contributed by atoms with Gasteiger partial charge in [-0.2, -0.15) is 0 Å². The number of likely N-dealkylation sites (N-methyl/N-ethyl adjacent to an activating group) is 1. The second-order valence-electron chi connectivity index (χ2n) is 9.98. The Balaban J connectivity index is 1.26. The third kappa shape index (κ3) is 6.00. The first kappa shape index (κ1) is 25.0. The minimum absolute atomic E-state index is 0.162. The van der Waals surface area contributed by atoms with Gasteiger partial charge in [-0.1, -0.05) is 30.3 Å². The molecule has 0 bridgehead atoms. The summed E-state index contributed by atoms with van der Waals surface area (Å²) < 4.78 is 7.43. The lowest BCUT2D eigenvalue weighted by Crippen LogP contribution is -2.47. The Morgan fingerprint density at radius 2 is 1.89 bits per heavy atom. The smallest absolute Gasteiger partial charge is 0.242 e. The fraction of sp³-hybridized carbons (Fsp3) is 0.367. The molecular weight excluding hydrogens is 462 g/mol. The maximum Gasteiger partial charge on any atom is 0.242 e. The van der Waals surface area contributed by atoms with Crippen LogP contribution in [0, 0.1) is 5.92 Å². The molecule has 0 unspecified atom stereocenters. The van der Waals surface area contributed by atoms with Gasteiger partial charge in [-0.25, -0.2) is 4.98 Å². The van der Waals surface area contributed by atoms with Crippen molar-refractivity contribution in [2.24, 2.45) is 5.92 Å². The van der Waals surface area contributed by atoms with Crippen molar-refractivity contribution in [1.82, 2.24) is 24.3 Å². The highest BCUT2D eigenvalue weighted by molar-refractivity contribution is 5.80. The third-order valence-corrected chi connectivity index (χ3v) is 7.57. The molecule has 192 valence electrons. The van der Waals surface area contributed by atoms with Crippen LogP contribution in [0.3, 0.4) is 0 Å². The molecule has 1 fully saturated rings. The first-order chi connectivity index (χ1) is 18.1. The lowest BCUT2D eigenvalue weighted by molar-refractivity contribution is -0.133. The molecular formula is C30H35N5O2. The molecule has 4 aromatic rings. The van der Waals surface area contributed by atoms with Gasteiger partial charge in [-0.15, -0.1) is 0 Å². The monoisotopic (exact) mass is 497 g/mol. The summed E-state index contributed by atoms with van der Waals surface area (Å²) in [6.45, 7) is 2.74. The number of hydrogen-bond acceptors (Lipinski definition) is 5. The topological polar surface area (TPSA) is 63.5 Å². The zero-order valence-corrected chi connectivity index (χ0v) is 21.7. The average Bonchev–Trinajstić information content (AvgIpc) is 3.35. The van der Waals surface area contributed by atoms with E-state index in [0.717, 1.165) is 55.7 Å². The highest BCUT2D eigenvalue weighted by Gasteiger charge is 2.31. The zero-order chi connectivity index (χ0) is 25.6. The number of carbonyl (C=O) groups is 1. The average molecular weight is 498 g/mol. The van der Waals surface area contributed by atoms with Gasteiger partial charge in [-0.3, -0.25) is 14.7 Å². The Kier molecular flexibility index (Phi) is 7.80. The van der Waals surface area contributed by atoms with Crippen LogP contribution in [0.4, 0.5) is 0 Å². The fourth-order valence-electron chi connectivity index (χ4n) is 5.54. The molecule has 0 radical (unpaired) electrons. The predicted molar refractivity (Wildman–Crippen MR) is 145 cm³/mol. The van der Waals surface area contributed by atoms with E-state index in [9.17, 15) is 4.79 Å². The number of ether oxygens (including phenoxy) is 1. The van der Waals surface area contributed by atoms with Crippen LogP contribution in [0.5, 0.6) is 5.75 Å². The summed E-state index contributed by atoms with van der Waals surface area (Å²) in [5.41, 5.74) is 4.40. The molecule has 0 saturated carbocycles. The number of carbonyl (C=O) groups excluding carboxylic acids is 1. The van der Waals surface area contributed by atoms with Crippen LogP contribution in [0.1, 0.15) is 24.0 Å². The fourth-order valence-corrected chi connectivity index (χ4v) is 5.54. The van der Waals surface area contributed by atoms with Gasteiger partial charge in [0.2, 0.25) is 5.91 Å². The normalized spacial score (nSPS) is 15.3. The zero-order valence-electron chi connectivity index (χ0n) is 21.7. The third-order valence-electron chi connectivity index (χ3n) is 7.57. The summed E-state index contributed by atoms with van der Waals surface area (Å²) >= 11 is 0. The van der Waals surface area contributed by atoms with Crippen molar-refractivity contribution in [3.05, 3.63) is 90.5 Å². The molecule has 0 spiro atoms. The number of para-hydroxylation sites is 2. The van der Waals surface area contributed by atoms with Crippen molar-refractivity contribution in [3.8, 4) is 5.75 Å². The Morgan fingerprint density at radius 3 is 2.68 bits per heavy atom. The van der Waals surface area contributed by atoms with Crippen molar-refractivity contribution in [1.29, 1.82) is 0 Å². The number of fused-ring (bicyclic) bond motifs is 1. The van der Waals surface area contributed by atoms with Crippen LogP contribution >= 0.6 is 0 Å². The molecule has 7 heteroatoms. The van der Waals surface area contributed by atoms with Gasteiger partial charge < -0.3 is 14.2 Å². The summed E-state index contributed by atoms with van der Waals surface area (Å²) in [7, 11) is 3.92. The van der Waals surface area contributed by atoms with Gasteiger partial charge in [0.25, 0.3) is 0 Å². The van der Waals surface area contributed by atoms with Crippen molar-refractivity contribution in [2.75, 3.05) is 27.2 Å². The standard InChI is InChI=1S/C30H35N5O2/c1-33(20-24-8-6-14-31-19-24)29(18-23-7-5-9-26(17-23)37-2)25-12-15-34(16-13-25)30(36)21-35-22-32-27-10-3-4-11-28(27)35/h3-11,14,17,19,22,25,29H,12-13,15-16,18,20-21H2,1-2H3/t29-/m1/s1. The largest absolute Gasteiger partial charge is 0.497 e. The van der Waals surface area contributed by atoms with E-state index in [1.54, 1.807) is 13.4 Å². The van der Waals surface area contributed by atoms with E-state index in [1.807, 2.05) is 58.3 Å². The van der Waals surface area contributed by atoms with Crippen molar-refractivity contribution < 1.29 is 9.53 Å². The van der Waals surface area contributed by atoms with E-state index in [4.69, 9.17) is 4.74 Å². The van der Waals surface area contributed by atoms with Crippen LogP contribution < -0.4 is 4.74 Å². The van der Waals surface area contributed by atoms with Crippen LogP contribution in [0.2, 0.25) is 0 Å². The maximum absolute atomic E-state index is 13.2. The first-order valence-electron chi connectivity index (χ1n) is 13.0. The highest BCUT2D eigenvalue weighted by atomic mass is 16.5. The van der Waals surface area contributed by atoms with E-state index >= 15 is 0 Å². The van der Waals surface area contributed by atoms with E-state index in [1.165, 1.54) is 11.1 Å². The Labute approximate surface area is 218 Å². The van der Waals surface area contributed by atoms with Gasteiger partial charge in [0, 0.05) is 38.1 Å². The van der Waals surface area contributed by atoms with E-state index in [-0.39, 0.29) is 5.91 Å². The molecule has 5 rings (SSSR count). The van der Waals surface area contributed by atoms with Crippen LogP contribution in [0.25, 0.3) is 11.0 Å². The van der Waals surface area contributed by atoms with Gasteiger partial charge in [0.1, 0.15) is 12.3 Å². The van der Waals surface area contributed by atoms with Crippen LogP contribution in [0.15, 0.2) is 79.4 Å². The predicted octanol–water partition coefficient (Wildman–Crippen LogP) is 4.42. The number of rotatable bonds is 9. The van der Waals surface area contributed by atoms with Crippen molar-refractivity contribution in [2.45, 2.75) is 38.4 Å². The molecule has 7 nitrogen and oxygen atoms in total. The van der Waals surface area contributed by atoms with Gasteiger partial charge >= 0.3 is 0 Å². The Hall–Kier alpha value is -3.71. The number of methoxy groups -OCH3 is 1. The van der Waals surface area contributed by atoms with E-state index in [0.29, 0.717) is 18.5 Å². The van der Waals surface area contributed by atoms with Gasteiger partial charge in [-0.05, 0) is 73.7 Å². The first-order valence-corrected chi connectivity index (χ1v) is 13.0. The highest BCUT2D eigenvalue weighted by Crippen LogP contribution is 2.28. The number of nitrogens with zero attached hydrogens (tertiary/aromatic N) is 5. The summed E-state index contributed by atoms with van der Waals surface area (Å²) in [5, 5.41) is 0. The number of likely N-dealkylation sites (tertiary alicyclic amines) is 1. The minimum Gasteiger partial charge on any atom is -0.497 e.